The van der Waals surface area contributed by atoms with E-state index in [9.17, 15) is 19.5 Å². The second-order valence-electron chi connectivity index (χ2n) is 7.78. The number of benzene rings is 2. The standard InChI is InChI=1S/C23H25N3O4/c1-2-15-3-7-17(8-4-15)22(29)25-11-12-26-20(14-25)21(28)24-19(23(26)30)13-16-5-9-18(27)10-6-16/h3-10,19-20,27H,2,11-14H2,1H3,(H,24,28)/t19-,20+/m0/s1. The van der Waals surface area contributed by atoms with Crippen LogP contribution >= 0.6 is 0 Å². The summed E-state index contributed by atoms with van der Waals surface area (Å²) >= 11 is 0. The third-order valence-corrected chi connectivity index (χ3v) is 5.85. The number of aryl methyl sites for hydroxylation is 1. The van der Waals surface area contributed by atoms with E-state index in [1.165, 1.54) is 0 Å². The Kier molecular flexibility index (Phi) is 5.44. The number of phenols is 1. The van der Waals surface area contributed by atoms with Gasteiger partial charge in [-0.05, 0) is 41.8 Å². The van der Waals surface area contributed by atoms with E-state index in [0.717, 1.165) is 17.5 Å². The summed E-state index contributed by atoms with van der Waals surface area (Å²) in [6.45, 7) is 2.99. The van der Waals surface area contributed by atoms with Gasteiger partial charge in [0.05, 0.1) is 6.54 Å². The lowest BCUT2D eigenvalue weighted by molar-refractivity contribution is -0.152. The summed E-state index contributed by atoms with van der Waals surface area (Å²) in [5.41, 5.74) is 2.61. The molecule has 7 nitrogen and oxygen atoms in total. The molecule has 0 spiro atoms. The number of hydrogen-bond acceptors (Lipinski definition) is 4. The van der Waals surface area contributed by atoms with Gasteiger partial charge in [-0.25, -0.2) is 0 Å². The molecule has 2 atom stereocenters. The fraction of sp³-hybridized carbons (Fsp3) is 0.348. The summed E-state index contributed by atoms with van der Waals surface area (Å²) in [6, 6.07) is 12.8. The molecule has 2 fully saturated rings. The van der Waals surface area contributed by atoms with Crippen molar-refractivity contribution in [3.8, 4) is 5.75 Å². The molecule has 0 bridgehead atoms. The van der Waals surface area contributed by atoms with E-state index >= 15 is 0 Å². The molecule has 2 aliphatic rings. The van der Waals surface area contributed by atoms with E-state index in [1.807, 2.05) is 24.3 Å². The van der Waals surface area contributed by atoms with Crippen molar-refractivity contribution in [3.05, 3.63) is 65.2 Å². The molecule has 2 N–H and O–H groups in total. The lowest BCUT2D eigenvalue weighted by Gasteiger charge is -2.45. The molecule has 0 saturated carbocycles. The highest BCUT2D eigenvalue weighted by atomic mass is 16.3. The van der Waals surface area contributed by atoms with Gasteiger partial charge in [0.2, 0.25) is 11.8 Å². The maximum atomic E-state index is 13.0. The van der Waals surface area contributed by atoms with Crippen LogP contribution in [-0.4, -0.2) is 64.3 Å². The van der Waals surface area contributed by atoms with Crippen molar-refractivity contribution in [2.45, 2.75) is 31.8 Å². The van der Waals surface area contributed by atoms with Crippen molar-refractivity contribution >= 4 is 17.7 Å². The molecule has 3 amide bonds. The summed E-state index contributed by atoms with van der Waals surface area (Å²) in [5, 5.41) is 12.2. The highest BCUT2D eigenvalue weighted by Gasteiger charge is 2.44. The second-order valence-corrected chi connectivity index (χ2v) is 7.78. The van der Waals surface area contributed by atoms with Crippen LogP contribution in [0.2, 0.25) is 0 Å². The molecule has 0 radical (unpaired) electrons. The molecule has 2 heterocycles. The summed E-state index contributed by atoms with van der Waals surface area (Å²) in [6.07, 6.45) is 1.27. The minimum absolute atomic E-state index is 0.122. The molecule has 0 unspecified atom stereocenters. The lowest BCUT2D eigenvalue weighted by Crippen LogP contribution is -2.70. The Hall–Kier alpha value is -3.35. The molecular weight excluding hydrogens is 382 g/mol. The predicted octanol–water partition coefficient (Wildman–Crippen LogP) is 1.35. The fourth-order valence-electron chi connectivity index (χ4n) is 4.06. The average Bonchev–Trinajstić information content (AvgIpc) is 2.78. The Morgan fingerprint density at radius 1 is 1.03 bits per heavy atom. The third kappa shape index (κ3) is 3.87. The van der Waals surface area contributed by atoms with Crippen LogP contribution in [0, 0.1) is 0 Å². The van der Waals surface area contributed by atoms with Gasteiger partial charge in [0.25, 0.3) is 5.91 Å². The van der Waals surface area contributed by atoms with Crippen LogP contribution in [0.3, 0.4) is 0 Å². The SMILES string of the molecule is CCc1ccc(C(=O)N2CCN3C(=O)[C@H](Cc4ccc(O)cc4)NC(=O)[C@H]3C2)cc1. The largest absolute Gasteiger partial charge is 0.508 e. The van der Waals surface area contributed by atoms with Crippen molar-refractivity contribution in [2.24, 2.45) is 0 Å². The second kappa shape index (κ2) is 8.18. The van der Waals surface area contributed by atoms with Crippen LogP contribution in [0.25, 0.3) is 0 Å². The smallest absolute Gasteiger partial charge is 0.253 e. The molecule has 30 heavy (non-hydrogen) atoms. The lowest BCUT2D eigenvalue weighted by atomic mass is 9.98. The Morgan fingerprint density at radius 2 is 1.70 bits per heavy atom. The van der Waals surface area contributed by atoms with Gasteiger partial charge in [-0.2, -0.15) is 0 Å². The van der Waals surface area contributed by atoms with E-state index in [0.29, 0.717) is 25.1 Å². The first-order valence-corrected chi connectivity index (χ1v) is 10.2. The molecule has 2 aromatic rings. The number of nitrogens with one attached hydrogen (secondary N) is 1. The summed E-state index contributed by atoms with van der Waals surface area (Å²) in [7, 11) is 0. The van der Waals surface area contributed by atoms with Gasteiger partial charge >= 0.3 is 0 Å². The molecule has 0 aliphatic carbocycles. The van der Waals surface area contributed by atoms with E-state index in [4.69, 9.17) is 0 Å². The first-order valence-electron chi connectivity index (χ1n) is 10.2. The average molecular weight is 407 g/mol. The third-order valence-electron chi connectivity index (χ3n) is 5.85. The molecule has 2 aliphatic heterocycles. The molecule has 4 rings (SSSR count). The minimum Gasteiger partial charge on any atom is -0.508 e. The van der Waals surface area contributed by atoms with Gasteiger partial charge < -0.3 is 20.2 Å². The van der Waals surface area contributed by atoms with Crippen molar-refractivity contribution in [1.82, 2.24) is 15.1 Å². The topological polar surface area (TPSA) is 90.0 Å². The zero-order valence-corrected chi connectivity index (χ0v) is 16.9. The molecule has 156 valence electrons. The number of phenolic OH excluding ortho intramolecular Hbond substituents is 1. The molecule has 0 aromatic heterocycles. The first kappa shape index (κ1) is 19.9. The maximum absolute atomic E-state index is 13.0. The van der Waals surface area contributed by atoms with Gasteiger partial charge in [0, 0.05) is 25.1 Å². The zero-order valence-electron chi connectivity index (χ0n) is 16.9. The normalized spacial score (nSPS) is 21.2. The van der Waals surface area contributed by atoms with Crippen LogP contribution < -0.4 is 5.32 Å². The predicted molar refractivity (Wildman–Crippen MR) is 111 cm³/mol. The van der Waals surface area contributed by atoms with E-state index in [-0.39, 0.29) is 30.0 Å². The van der Waals surface area contributed by atoms with Crippen molar-refractivity contribution in [1.29, 1.82) is 0 Å². The van der Waals surface area contributed by atoms with Crippen LogP contribution in [0.15, 0.2) is 48.5 Å². The van der Waals surface area contributed by atoms with E-state index in [1.54, 1.807) is 34.1 Å². The Labute approximate surface area is 175 Å². The van der Waals surface area contributed by atoms with E-state index < -0.39 is 12.1 Å². The Morgan fingerprint density at radius 3 is 2.37 bits per heavy atom. The van der Waals surface area contributed by atoms with Crippen molar-refractivity contribution < 1.29 is 19.5 Å². The van der Waals surface area contributed by atoms with Gasteiger partial charge in [0.1, 0.15) is 17.8 Å². The van der Waals surface area contributed by atoms with Gasteiger partial charge in [-0.1, -0.05) is 31.2 Å². The number of carbonyl (C=O) groups excluding carboxylic acids is 3. The van der Waals surface area contributed by atoms with E-state index in [2.05, 4.69) is 12.2 Å². The molecule has 2 saturated heterocycles. The Balaban J connectivity index is 1.43. The van der Waals surface area contributed by atoms with Gasteiger partial charge in [0.15, 0.2) is 0 Å². The number of nitrogens with zero attached hydrogens (tertiary/aromatic N) is 2. The molecular formula is C23H25N3O4. The van der Waals surface area contributed by atoms with Crippen LogP contribution in [0.1, 0.15) is 28.4 Å². The summed E-state index contributed by atoms with van der Waals surface area (Å²) in [5.74, 6) is -0.337. The summed E-state index contributed by atoms with van der Waals surface area (Å²) in [4.78, 5) is 41.8. The number of piperazine rings is 2. The summed E-state index contributed by atoms with van der Waals surface area (Å²) < 4.78 is 0. The molecule has 7 heteroatoms. The molecule has 2 aromatic carbocycles. The minimum atomic E-state index is -0.666. The highest BCUT2D eigenvalue weighted by molar-refractivity contribution is 5.99. The monoisotopic (exact) mass is 407 g/mol. The number of carbonyl (C=O) groups is 3. The number of rotatable bonds is 4. The van der Waals surface area contributed by atoms with Crippen LogP contribution in [0.4, 0.5) is 0 Å². The number of amides is 3. The van der Waals surface area contributed by atoms with Crippen molar-refractivity contribution in [2.75, 3.05) is 19.6 Å². The number of aromatic hydroxyl groups is 1. The fourth-order valence-corrected chi connectivity index (χ4v) is 4.06. The van der Waals surface area contributed by atoms with Crippen LogP contribution in [0.5, 0.6) is 5.75 Å². The number of hydrogen-bond donors (Lipinski definition) is 2. The number of fused-ring (bicyclic) bond motifs is 1. The maximum Gasteiger partial charge on any atom is 0.253 e. The zero-order chi connectivity index (χ0) is 21.3. The quantitative estimate of drug-likeness (QED) is 0.801. The Bertz CT molecular complexity index is 955. The first-order chi connectivity index (χ1) is 14.5. The highest BCUT2D eigenvalue weighted by Crippen LogP contribution is 2.21. The van der Waals surface area contributed by atoms with Crippen molar-refractivity contribution in [3.63, 3.8) is 0 Å². The van der Waals surface area contributed by atoms with Crippen LogP contribution in [-0.2, 0) is 22.4 Å². The van der Waals surface area contributed by atoms with Gasteiger partial charge in [-0.15, -0.1) is 0 Å². The van der Waals surface area contributed by atoms with Gasteiger partial charge in [-0.3, -0.25) is 14.4 Å².